The van der Waals surface area contributed by atoms with Crippen LogP contribution in [0.5, 0.6) is 0 Å². The first-order valence-electron chi connectivity index (χ1n) is 12.1. The number of carbonyl (C=O) groups excluding carboxylic acids is 3. The normalized spacial score (nSPS) is 14.7. The Balaban J connectivity index is 1.67. The monoisotopic (exact) mass is 473 g/mol. The number of hydrogen-bond acceptors (Lipinski definition) is 4. The third-order valence-electron chi connectivity index (χ3n) is 6.36. The van der Waals surface area contributed by atoms with Gasteiger partial charge >= 0.3 is 0 Å². The van der Waals surface area contributed by atoms with Gasteiger partial charge in [-0.3, -0.25) is 19.3 Å². The molecule has 2 aromatic carbocycles. The van der Waals surface area contributed by atoms with Gasteiger partial charge in [0.15, 0.2) is 5.76 Å². The highest BCUT2D eigenvalue weighted by Crippen LogP contribution is 2.31. The minimum absolute atomic E-state index is 0.0925. The van der Waals surface area contributed by atoms with E-state index >= 15 is 0 Å². The summed E-state index contributed by atoms with van der Waals surface area (Å²) in [4.78, 5) is 41.4. The number of aryl methyl sites for hydroxylation is 1. The summed E-state index contributed by atoms with van der Waals surface area (Å²) in [5, 5.41) is 5.82. The van der Waals surface area contributed by atoms with Crippen molar-refractivity contribution in [3.05, 3.63) is 89.9 Å². The Hall–Kier alpha value is -3.87. The first kappa shape index (κ1) is 24.3. The largest absolute Gasteiger partial charge is 0.459 e. The molecule has 1 saturated carbocycles. The van der Waals surface area contributed by atoms with E-state index < -0.39 is 17.9 Å². The third kappa shape index (κ3) is 5.98. The van der Waals surface area contributed by atoms with Gasteiger partial charge in [-0.15, -0.1) is 0 Å². The van der Waals surface area contributed by atoms with E-state index in [0.717, 1.165) is 31.2 Å². The highest BCUT2D eigenvalue weighted by atomic mass is 16.3. The summed E-state index contributed by atoms with van der Waals surface area (Å²) < 4.78 is 5.13. The minimum atomic E-state index is -0.882. The van der Waals surface area contributed by atoms with Crippen LogP contribution in [0.4, 0.5) is 5.69 Å². The molecular formula is C28H31N3O4. The van der Waals surface area contributed by atoms with Crippen molar-refractivity contribution >= 4 is 23.4 Å². The molecule has 1 atom stereocenters. The predicted molar refractivity (Wildman–Crippen MR) is 134 cm³/mol. The second kappa shape index (κ2) is 11.5. The molecule has 1 fully saturated rings. The smallest absolute Gasteiger partial charge is 0.287 e. The zero-order valence-corrected chi connectivity index (χ0v) is 19.9. The van der Waals surface area contributed by atoms with Crippen molar-refractivity contribution in [2.75, 3.05) is 11.4 Å². The van der Waals surface area contributed by atoms with Crippen LogP contribution in [0.1, 0.15) is 59.8 Å². The summed E-state index contributed by atoms with van der Waals surface area (Å²) in [6.45, 7) is 1.62. The fourth-order valence-corrected chi connectivity index (χ4v) is 4.57. The van der Waals surface area contributed by atoms with Gasteiger partial charge in [-0.05, 0) is 49.1 Å². The summed E-state index contributed by atoms with van der Waals surface area (Å²) >= 11 is 0. The SMILES string of the molecule is Cc1ccccc1N(C(=O)CNC(=O)c1ccco1)C(C(=O)NC1CCCCC1)c1ccccc1. The van der Waals surface area contributed by atoms with Crippen LogP contribution >= 0.6 is 0 Å². The number of hydrogen-bond donors (Lipinski definition) is 2. The average Bonchev–Trinajstić information content (AvgIpc) is 3.42. The fourth-order valence-electron chi connectivity index (χ4n) is 4.57. The summed E-state index contributed by atoms with van der Waals surface area (Å²) in [7, 11) is 0. The lowest BCUT2D eigenvalue weighted by atomic mass is 9.94. The molecule has 0 radical (unpaired) electrons. The number of para-hydroxylation sites is 1. The molecule has 182 valence electrons. The Morgan fingerprint density at radius 3 is 2.34 bits per heavy atom. The highest BCUT2D eigenvalue weighted by molar-refractivity contribution is 6.04. The van der Waals surface area contributed by atoms with Crippen LogP contribution in [0.3, 0.4) is 0 Å². The van der Waals surface area contributed by atoms with Crippen LogP contribution < -0.4 is 15.5 Å². The molecule has 7 nitrogen and oxygen atoms in total. The van der Waals surface area contributed by atoms with Crippen molar-refractivity contribution < 1.29 is 18.8 Å². The molecule has 3 aromatic rings. The van der Waals surface area contributed by atoms with Crippen LogP contribution in [-0.2, 0) is 9.59 Å². The van der Waals surface area contributed by atoms with Gasteiger partial charge in [0.25, 0.3) is 5.91 Å². The molecule has 1 heterocycles. The van der Waals surface area contributed by atoms with Gasteiger partial charge in [0.1, 0.15) is 6.04 Å². The standard InChI is InChI=1S/C28H31N3O4/c1-20-11-8-9-16-23(20)31(25(32)19-29-27(33)24-17-10-18-35-24)26(21-12-4-2-5-13-21)28(34)30-22-14-6-3-7-15-22/h2,4-5,8-13,16-18,22,26H,3,6-7,14-15,19H2,1H3,(H,29,33)(H,30,34). The molecule has 3 amide bonds. The van der Waals surface area contributed by atoms with Crippen LogP contribution in [0.25, 0.3) is 0 Å². The molecule has 0 aliphatic heterocycles. The lowest BCUT2D eigenvalue weighted by molar-refractivity contribution is -0.127. The number of amides is 3. The number of nitrogens with one attached hydrogen (secondary N) is 2. The molecule has 1 aliphatic carbocycles. The molecule has 35 heavy (non-hydrogen) atoms. The second-order valence-electron chi connectivity index (χ2n) is 8.87. The second-order valence-corrected chi connectivity index (χ2v) is 8.87. The number of rotatable bonds is 8. The Bertz CT molecular complexity index is 1140. The maximum absolute atomic E-state index is 13.8. The van der Waals surface area contributed by atoms with E-state index in [1.54, 1.807) is 6.07 Å². The summed E-state index contributed by atoms with van der Waals surface area (Å²) in [5.41, 5.74) is 2.18. The molecule has 1 aromatic heterocycles. The van der Waals surface area contributed by atoms with Crippen molar-refractivity contribution in [3.8, 4) is 0 Å². The lowest BCUT2D eigenvalue weighted by Crippen LogP contribution is -2.50. The summed E-state index contributed by atoms with van der Waals surface area (Å²) in [6, 6.07) is 19.1. The molecule has 2 N–H and O–H groups in total. The lowest BCUT2D eigenvalue weighted by Gasteiger charge is -2.34. The summed E-state index contributed by atoms with van der Waals surface area (Å²) in [5.74, 6) is -0.991. The van der Waals surface area contributed by atoms with E-state index in [2.05, 4.69) is 10.6 Å². The molecule has 0 saturated heterocycles. The third-order valence-corrected chi connectivity index (χ3v) is 6.36. The average molecular weight is 474 g/mol. The Morgan fingerprint density at radius 1 is 0.943 bits per heavy atom. The van der Waals surface area contributed by atoms with E-state index in [9.17, 15) is 14.4 Å². The van der Waals surface area contributed by atoms with Crippen molar-refractivity contribution in [1.82, 2.24) is 10.6 Å². The van der Waals surface area contributed by atoms with Crippen LogP contribution in [0.15, 0.2) is 77.4 Å². The first-order chi connectivity index (χ1) is 17.0. The van der Waals surface area contributed by atoms with Crippen LogP contribution in [0.2, 0.25) is 0 Å². The Morgan fingerprint density at radius 2 is 1.66 bits per heavy atom. The zero-order valence-electron chi connectivity index (χ0n) is 19.9. The van der Waals surface area contributed by atoms with Crippen LogP contribution in [0, 0.1) is 6.92 Å². The Labute approximate surface area is 205 Å². The zero-order chi connectivity index (χ0) is 24.6. The van der Waals surface area contributed by atoms with Crippen molar-refractivity contribution in [2.45, 2.75) is 51.1 Å². The van der Waals surface area contributed by atoms with E-state index in [1.165, 1.54) is 23.7 Å². The van der Waals surface area contributed by atoms with Gasteiger partial charge in [0.05, 0.1) is 12.8 Å². The molecular weight excluding hydrogens is 442 g/mol. The number of furan rings is 1. The molecule has 4 rings (SSSR count). The van der Waals surface area contributed by atoms with Gasteiger partial charge in [0, 0.05) is 11.7 Å². The van der Waals surface area contributed by atoms with E-state index in [1.807, 2.05) is 61.5 Å². The highest BCUT2D eigenvalue weighted by Gasteiger charge is 2.34. The van der Waals surface area contributed by atoms with Crippen molar-refractivity contribution in [3.63, 3.8) is 0 Å². The number of benzene rings is 2. The van der Waals surface area contributed by atoms with E-state index in [4.69, 9.17) is 4.42 Å². The van der Waals surface area contributed by atoms with E-state index in [0.29, 0.717) is 11.3 Å². The van der Waals surface area contributed by atoms with Crippen LogP contribution in [-0.4, -0.2) is 30.3 Å². The fraction of sp³-hybridized carbons (Fsp3) is 0.321. The topological polar surface area (TPSA) is 91.7 Å². The van der Waals surface area contributed by atoms with Gasteiger partial charge in [-0.2, -0.15) is 0 Å². The molecule has 0 bridgehead atoms. The molecule has 0 spiro atoms. The van der Waals surface area contributed by atoms with Gasteiger partial charge in [0.2, 0.25) is 11.8 Å². The first-order valence-corrected chi connectivity index (χ1v) is 12.1. The maximum Gasteiger partial charge on any atom is 0.287 e. The molecule has 7 heteroatoms. The number of nitrogens with zero attached hydrogens (tertiary/aromatic N) is 1. The van der Waals surface area contributed by atoms with Crippen molar-refractivity contribution in [1.29, 1.82) is 0 Å². The maximum atomic E-state index is 13.8. The summed E-state index contributed by atoms with van der Waals surface area (Å²) in [6.07, 6.45) is 6.62. The van der Waals surface area contributed by atoms with Gasteiger partial charge in [-0.1, -0.05) is 67.8 Å². The van der Waals surface area contributed by atoms with Crippen molar-refractivity contribution in [2.24, 2.45) is 0 Å². The number of anilines is 1. The van der Waals surface area contributed by atoms with Gasteiger partial charge in [-0.25, -0.2) is 0 Å². The predicted octanol–water partition coefficient (Wildman–Crippen LogP) is 4.54. The molecule has 1 aliphatic rings. The quantitative estimate of drug-likeness (QED) is 0.502. The Kier molecular flexibility index (Phi) is 7.98. The molecule has 1 unspecified atom stereocenters. The van der Waals surface area contributed by atoms with E-state index in [-0.39, 0.29) is 24.3 Å². The van der Waals surface area contributed by atoms with Gasteiger partial charge < -0.3 is 15.1 Å². The minimum Gasteiger partial charge on any atom is -0.459 e. The number of carbonyl (C=O) groups is 3.